The van der Waals surface area contributed by atoms with Gasteiger partial charge in [-0.25, -0.2) is 8.42 Å². The molecule has 0 saturated heterocycles. The maximum Gasteiger partial charge on any atom is 0.156 e. The molecule has 0 radical (unpaired) electrons. The lowest BCUT2D eigenvalue weighted by molar-refractivity contribution is 0.218. The lowest BCUT2D eigenvalue weighted by atomic mass is 10.3. The molecule has 0 saturated carbocycles. The number of hydrogen-bond acceptors (Lipinski definition) is 5. The number of ether oxygens (including phenoxy) is 2. The summed E-state index contributed by atoms with van der Waals surface area (Å²) in [7, 11) is -1.70. The van der Waals surface area contributed by atoms with Crippen LogP contribution in [-0.2, 0) is 9.84 Å². The monoisotopic (exact) mass is 274 g/mol. The van der Waals surface area contributed by atoms with Gasteiger partial charge in [0.2, 0.25) is 0 Å². The molecule has 0 heterocycles. The molecule has 0 aliphatic carbocycles. The number of sulfone groups is 1. The van der Waals surface area contributed by atoms with E-state index in [2.05, 4.69) is 0 Å². The van der Waals surface area contributed by atoms with Gasteiger partial charge >= 0.3 is 0 Å². The Morgan fingerprint density at radius 1 is 1.22 bits per heavy atom. The van der Waals surface area contributed by atoms with Crippen molar-refractivity contribution in [2.45, 2.75) is 13.0 Å². The van der Waals surface area contributed by atoms with E-state index in [1.54, 1.807) is 31.4 Å². The number of hydrogen-bond donors (Lipinski definition) is 1. The Kier molecular flexibility index (Phi) is 5.43. The molecule has 0 amide bonds. The smallest absolute Gasteiger partial charge is 0.156 e. The van der Waals surface area contributed by atoms with Crippen LogP contribution < -0.4 is 9.47 Å². The van der Waals surface area contributed by atoms with Crippen molar-refractivity contribution in [1.82, 2.24) is 0 Å². The number of benzene rings is 1. The van der Waals surface area contributed by atoms with Crippen molar-refractivity contribution < 1.29 is 23.0 Å². The van der Waals surface area contributed by atoms with Crippen molar-refractivity contribution in [3.63, 3.8) is 0 Å². The predicted octanol–water partition coefficient (Wildman–Crippen LogP) is 0.870. The molecule has 1 rings (SSSR count). The Bertz CT molecular complexity index is 450. The Balaban J connectivity index is 2.41. The van der Waals surface area contributed by atoms with Crippen LogP contribution in [0.4, 0.5) is 0 Å². The Labute approximate surface area is 107 Å². The topological polar surface area (TPSA) is 72.8 Å². The highest BCUT2D eigenvalue weighted by Crippen LogP contribution is 2.16. The fourth-order valence-electron chi connectivity index (χ4n) is 1.41. The molecule has 1 aromatic rings. The van der Waals surface area contributed by atoms with Crippen molar-refractivity contribution in [3.05, 3.63) is 24.3 Å². The summed E-state index contributed by atoms with van der Waals surface area (Å²) in [6, 6.07) is 6.89. The van der Waals surface area contributed by atoms with Crippen molar-refractivity contribution in [1.29, 1.82) is 0 Å². The van der Waals surface area contributed by atoms with Gasteiger partial charge in [0, 0.05) is 0 Å². The molecule has 0 fully saturated rings. The highest BCUT2D eigenvalue weighted by molar-refractivity contribution is 7.91. The maximum absolute atomic E-state index is 11.5. The molecule has 18 heavy (non-hydrogen) atoms. The van der Waals surface area contributed by atoms with Crippen molar-refractivity contribution >= 4 is 9.84 Å². The van der Waals surface area contributed by atoms with Crippen LogP contribution in [0.5, 0.6) is 11.5 Å². The minimum Gasteiger partial charge on any atom is -0.497 e. The first-order valence-corrected chi connectivity index (χ1v) is 7.40. The molecule has 1 aromatic carbocycles. The zero-order valence-corrected chi connectivity index (χ0v) is 11.3. The predicted molar refractivity (Wildman–Crippen MR) is 68.8 cm³/mol. The third-order valence-electron chi connectivity index (χ3n) is 2.22. The van der Waals surface area contributed by atoms with E-state index in [-0.39, 0.29) is 18.1 Å². The highest BCUT2D eigenvalue weighted by Gasteiger charge is 2.14. The number of aliphatic hydroxyl groups is 1. The molecule has 0 aliphatic rings. The highest BCUT2D eigenvalue weighted by atomic mass is 32.2. The van der Waals surface area contributed by atoms with Gasteiger partial charge < -0.3 is 14.6 Å². The summed E-state index contributed by atoms with van der Waals surface area (Å²) in [6.45, 7) is 1.52. The molecular weight excluding hydrogens is 256 g/mol. The van der Waals surface area contributed by atoms with E-state index < -0.39 is 15.9 Å². The average Bonchev–Trinajstić information content (AvgIpc) is 2.28. The van der Waals surface area contributed by atoms with Crippen LogP contribution in [0.25, 0.3) is 0 Å². The van der Waals surface area contributed by atoms with Gasteiger partial charge in [0.05, 0.1) is 24.7 Å². The minimum absolute atomic E-state index is 0.0708. The normalized spacial score (nSPS) is 13.1. The summed E-state index contributed by atoms with van der Waals surface area (Å²) in [5.41, 5.74) is 0. The molecule has 0 aromatic heterocycles. The number of aliphatic hydroxyl groups excluding tert-OH is 1. The van der Waals surface area contributed by atoms with E-state index in [1.165, 1.54) is 6.92 Å². The van der Waals surface area contributed by atoms with Gasteiger partial charge in [-0.15, -0.1) is 0 Å². The van der Waals surface area contributed by atoms with Gasteiger partial charge in [-0.1, -0.05) is 0 Å². The number of methoxy groups -OCH3 is 1. The summed E-state index contributed by atoms with van der Waals surface area (Å²) in [6.07, 6.45) is -0.851. The summed E-state index contributed by atoms with van der Waals surface area (Å²) in [4.78, 5) is 0. The third-order valence-corrected chi connectivity index (χ3v) is 4.00. The van der Waals surface area contributed by atoms with Crippen LogP contribution >= 0.6 is 0 Å². The zero-order chi connectivity index (χ0) is 13.6. The molecule has 0 bridgehead atoms. The van der Waals surface area contributed by atoms with Gasteiger partial charge in [-0.3, -0.25) is 0 Å². The van der Waals surface area contributed by atoms with Crippen LogP contribution in [0.3, 0.4) is 0 Å². The molecule has 0 unspecified atom stereocenters. The molecule has 6 heteroatoms. The van der Waals surface area contributed by atoms with Crippen LogP contribution in [0.1, 0.15) is 6.92 Å². The lowest BCUT2D eigenvalue weighted by Gasteiger charge is -2.08. The summed E-state index contributed by atoms with van der Waals surface area (Å²) in [5, 5.41) is 9.03. The summed E-state index contributed by atoms with van der Waals surface area (Å²) in [5.74, 6) is 0.954. The molecule has 1 N–H and O–H groups in total. The average molecular weight is 274 g/mol. The fourth-order valence-corrected chi connectivity index (χ4v) is 2.65. The summed E-state index contributed by atoms with van der Waals surface area (Å²) < 4.78 is 33.2. The van der Waals surface area contributed by atoms with E-state index in [0.29, 0.717) is 11.5 Å². The van der Waals surface area contributed by atoms with E-state index in [0.717, 1.165) is 0 Å². The van der Waals surface area contributed by atoms with Crippen LogP contribution in [0.15, 0.2) is 24.3 Å². The van der Waals surface area contributed by atoms with Gasteiger partial charge in [-0.05, 0) is 31.2 Å². The van der Waals surface area contributed by atoms with Crippen molar-refractivity contribution in [2.24, 2.45) is 0 Å². The third kappa shape index (κ3) is 5.37. The second kappa shape index (κ2) is 6.61. The number of rotatable bonds is 7. The minimum atomic E-state index is -3.26. The molecular formula is C12H18O5S. The van der Waals surface area contributed by atoms with E-state index >= 15 is 0 Å². The first-order valence-electron chi connectivity index (χ1n) is 5.58. The van der Waals surface area contributed by atoms with Crippen molar-refractivity contribution in [2.75, 3.05) is 25.2 Å². The second-order valence-electron chi connectivity index (χ2n) is 3.99. The van der Waals surface area contributed by atoms with E-state index in [1.807, 2.05) is 0 Å². The maximum atomic E-state index is 11.5. The molecule has 0 spiro atoms. The van der Waals surface area contributed by atoms with Gasteiger partial charge in [0.15, 0.2) is 9.84 Å². The van der Waals surface area contributed by atoms with E-state index in [9.17, 15) is 8.42 Å². The van der Waals surface area contributed by atoms with Crippen LogP contribution in [-0.4, -0.2) is 44.9 Å². The fraction of sp³-hybridized carbons (Fsp3) is 0.500. The van der Waals surface area contributed by atoms with E-state index in [4.69, 9.17) is 14.6 Å². The SMILES string of the molecule is COc1ccc(OCCS(=O)(=O)C[C@@H](C)O)cc1. The molecule has 102 valence electrons. The largest absolute Gasteiger partial charge is 0.497 e. The molecule has 1 atom stereocenters. The van der Waals surface area contributed by atoms with Gasteiger partial charge in [0.1, 0.15) is 18.1 Å². The first kappa shape index (κ1) is 14.8. The Morgan fingerprint density at radius 3 is 2.28 bits per heavy atom. The second-order valence-corrected chi connectivity index (χ2v) is 6.22. The van der Waals surface area contributed by atoms with Crippen LogP contribution in [0.2, 0.25) is 0 Å². The van der Waals surface area contributed by atoms with Gasteiger partial charge in [0.25, 0.3) is 0 Å². The van der Waals surface area contributed by atoms with Crippen LogP contribution in [0, 0.1) is 0 Å². The first-order chi connectivity index (χ1) is 8.43. The zero-order valence-electron chi connectivity index (χ0n) is 10.5. The lowest BCUT2D eigenvalue weighted by Crippen LogP contribution is -2.23. The standard InChI is InChI=1S/C12H18O5S/c1-10(13)9-18(14,15)8-7-17-12-5-3-11(16-2)4-6-12/h3-6,10,13H,7-9H2,1-2H3/t10-/m1/s1. The molecule has 0 aliphatic heterocycles. The Morgan fingerprint density at radius 2 is 1.78 bits per heavy atom. The van der Waals surface area contributed by atoms with Crippen molar-refractivity contribution in [3.8, 4) is 11.5 Å². The van der Waals surface area contributed by atoms with Gasteiger partial charge in [-0.2, -0.15) is 0 Å². The summed E-state index contributed by atoms with van der Waals surface area (Å²) >= 11 is 0. The quantitative estimate of drug-likeness (QED) is 0.798. The Hall–Kier alpha value is -1.27. The molecule has 5 nitrogen and oxygen atoms in total.